The minimum Gasteiger partial charge on any atom is -0.494 e. The Balaban J connectivity index is 1.22. The van der Waals surface area contributed by atoms with Crippen molar-refractivity contribution < 1.29 is 20.7 Å². The van der Waals surface area contributed by atoms with E-state index in [-0.39, 0.29) is 43.3 Å². The van der Waals surface area contributed by atoms with E-state index in [2.05, 4.69) is 51.4 Å². The molecular weight excluding hydrogens is 638 g/mol. The lowest BCUT2D eigenvalue weighted by molar-refractivity contribution is -0.120. The fourth-order valence-corrected chi connectivity index (χ4v) is 6.24. The molecule has 2 aliphatic heterocycles. The molecule has 0 unspecified atom stereocenters. The number of aliphatic hydroxyl groups excluding tert-OH is 1. The van der Waals surface area contributed by atoms with Crippen LogP contribution in [0.15, 0.2) is 68.5 Å². The van der Waals surface area contributed by atoms with Gasteiger partial charge in [-0.3, -0.25) is 19.1 Å². The van der Waals surface area contributed by atoms with Gasteiger partial charge >= 0.3 is 5.69 Å². The number of ether oxygens (including phenoxy) is 2. The fourth-order valence-electron chi connectivity index (χ4n) is 6.24. The van der Waals surface area contributed by atoms with E-state index in [0.29, 0.717) is 35.7 Å². The van der Waals surface area contributed by atoms with E-state index in [0.717, 1.165) is 22.4 Å². The second-order valence-corrected chi connectivity index (χ2v) is 13.0. The van der Waals surface area contributed by atoms with E-state index in [1.165, 1.54) is 16.8 Å². The summed E-state index contributed by atoms with van der Waals surface area (Å²) >= 11 is 0. The number of fused-ring (bicyclic) bond motifs is 1. The lowest BCUT2D eigenvalue weighted by Gasteiger charge is -2.43. The number of carbonyl (C=O) groups excluding carboxylic acids is 1. The maximum atomic E-state index is 12.8. The minimum absolute atomic E-state index is 0.130. The van der Waals surface area contributed by atoms with E-state index in [1.54, 1.807) is 25.3 Å². The molecule has 1 saturated heterocycles. The first-order valence-electron chi connectivity index (χ1n) is 17.1. The Labute approximate surface area is 292 Å². The highest BCUT2D eigenvalue weighted by Gasteiger charge is 2.33. The summed E-state index contributed by atoms with van der Waals surface area (Å²) in [6.45, 7) is 8.80. The van der Waals surface area contributed by atoms with Gasteiger partial charge in [-0.2, -0.15) is 5.26 Å². The Morgan fingerprint density at radius 2 is 2.04 bits per heavy atom. The number of benzene rings is 2. The fraction of sp³-hybridized carbons (Fsp3) is 0.405. The molecule has 1 aromatic heterocycles. The Hall–Kier alpha value is -5.32. The summed E-state index contributed by atoms with van der Waals surface area (Å²) in [4.78, 5) is 42.0. The summed E-state index contributed by atoms with van der Waals surface area (Å²) < 4.78 is 20.0. The number of anilines is 1. The maximum Gasteiger partial charge on any atom is 0.330 e. The average molecular weight is 683 g/mol. The second-order valence-electron chi connectivity index (χ2n) is 13.0. The Morgan fingerprint density at radius 1 is 1.26 bits per heavy atom. The van der Waals surface area contributed by atoms with Crippen LogP contribution in [-0.2, 0) is 9.53 Å². The molecule has 3 aromatic rings. The van der Waals surface area contributed by atoms with Gasteiger partial charge < -0.3 is 24.8 Å². The second kappa shape index (κ2) is 15.1. The van der Waals surface area contributed by atoms with Crippen molar-refractivity contribution in [2.45, 2.75) is 77.8 Å². The summed E-state index contributed by atoms with van der Waals surface area (Å²) in [6, 6.07) is 11.5. The number of aromatic amines is 1. The van der Waals surface area contributed by atoms with Crippen LogP contribution in [0.3, 0.4) is 0 Å². The number of nitriles is 1. The Bertz CT molecular complexity index is 2040. The molecule has 5 rings (SSSR count). The van der Waals surface area contributed by atoms with Gasteiger partial charge in [-0.25, -0.2) is 4.79 Å². The minimum atomic E-state index is -0.875. The highest BCUT2D eigenvalue weighted by atomic mass is 16.5. The quantitative estimate of drug-likeness (QED) is 0.225. The first kappa shape index (κ1) is 34.5. The standard InChI is InChI=1S/C37H43N7O6/c1-22-11-12-28(26(15-22)20-38)41-42-29-16-27-23(2)19-37(4,5)44(30(27)17-32(29)49-6)14-8-10-33(46)39-13-7-9-25-21-43(36(48)40-35(25)47)34-18-31(45)24(3)50-34/h7,9,11-12,15-17,19,21,24,31,34,45H,8,10,13-14,18H2,1-6H3,(H,39,46)(H,40,47,48)/b9-7+,42-41+/t24-,31-,34-/m1/s1/i3D. The molecule has 0 aliphatic carbocycles. The van der Waals surface area contributed by atoms with E-state index in [1.807, 2.05) is 32.0 Å². The van der Waals surface area contributed by atoms with Crippen LogP contribution in [0.5, 0.6) is 5.75 Å². The molecule has 0 radical (unpaired) electrons. The predicted octanol–water partition coefficient (Wildman–Crippen LogP) is 5.42. The highest BCUT2D eigenvalue weighted by molar-refractivity contribution is 5.85. The van der Waals surface area contributed by atoms with Gasteiger partial charge in [0.05, 0.1) is 36.0 Å². The number of hydrogen-bond acceptors (Lipinski definition) is 10. The zero-order valence-electron chi connectivity index (χ0n) is 29.9. The first-order valence-corrected chi connectivity index (χ1v) is 16.4. The summed E-state index contributed by atoms with van der Waals surface area (Å²) in [6.07, 6.45) is 5.25. The smallest absolute Gasteiger partial charge is 0.330 e. The molecule has 0 bridgehead atoms. The topological polar surface area (TPSA) is 174 Å². The third-order valence-corrected chi connectivity index (χ3v) is 8.83. The average Bonchev–Trinajstić information content (AvgIpc) is 3.47. The van der Waals surface area contributed by atoms with Crippen molar-refractivity contribution in [1.29, 1.82) is 5.26 Å². The number of methoxy groups -OCH3 is 1. The van der Waals surface area contributed by atoms with Crippen LogP contribution in [0, 0.1) is 18.3 Å². The number of allylic oxidation sites excluding steroid dienone is 1. The molecule has 3 heterocycles. The normalized spacial score (nSPS) is 20.0. The van der Waals surface area contributed by atoms with Gasteiger partial charge in [0.25, 0.3) is 5.56 Å². The van der Waals surface area contributed by atoms with Gasteiger partial charge in [0.15, 0.2) is 0 Å². The summed E-state index contributed by atoms with van der Waals surface area (Å²) in [5.74, 6) is 0.374. The number of hydrogen-bond donors (Lipinski definition) is 3. The summed E-state index contributed by atoms with van der Waals surface area (Å²) in [5.41, 5.74) is 3.98. The van der Waals surface area contributed by atoms with Gasteiger partial charge in [0.2, 0.25) is 5.91 Å². The molecular formula is C37H43N7O6. The molecule has 3 N–H and O–H groups in total. The Kier molecular flexibility index (Phi) is 10.4. The van der Waals surface area contributed by atoms with Crippen LogP contribution < -0.4 is 26.2 Å². The van der Waals surface area contributed by atoms with Gasteiger partial charge in [-0.1, -0.05) is 24.3 Å². The van der Waals surface area contributed by atoms with Crippen molar-refractivity contribution >= 4 is 34.6 Å². The van der Waals surface area contributed by atoms with Gasteiger partial charge in [-0.15, -0.1) is 10.2 Å². The van der Waals surface area contributed by atoms with Crippen LogP contribution >= 0.6 is 0 Å². The first-order chi connectivity index (χ1) is 24.3. The van der Waals surface area contributed by atoms with E-state index in [9.17, 15) is 24.8 Å². The number of nitrogens with one attached hydrogen (secondary N) is 2. The molecule has 13 heteroatoms. The van der Waals surface area contributed by atoms with Crippen molar-refractivity contribution in [2.24, 2.45) is 10.2 Å². The third-order valence-electron chi connectivity index (χ3n) is 8.83. The van der Waals surface area contributed by atoms with Crippen molar-refractivity contribution in [3.8, 4) is 11.8 Å². The zero-order chi connectivity index (χ0) is 36.9. The SMILES string of the molecule is [2H]C[C@H]1O[C@@H](n2cc(/C=C/CNC(=O)CCCN3c4cc(OC)c(/N=N/c5ccc(C)cc5C#N)cc4C(C)=CC3(C)C)c(=O)[nH]c2=O)C[C@H]1O. The number of amides is 1. The number of aliphatic hydroxyl groups is 1. The molecule has 2 aliphatic rings. The molecule has 262 valence electrons. The molecule has 1 amide bonds. The Morgan fingerprint density at radius 3 is 2.76 bits per heavy atom. The van der Waals surface area contributed by atoms with Gasteiger partial charge in [-0.05, 0) is 70.4 Å². The number of aromatic nitrogens is 2. The molecule has 0 saturated carbocycles. The molecule has 2 aromatic carbocycles. The van der Waals surface area contributed by atoms with Crippen LogP contribution in [0.25, 0.3) is 11.6 Å². The number of rotatable bonds is 11. The van der Waals surface area contributed by atoms with Crippen molar-refractivity contribution in [1.82, 2.24) is 14.9 Å². The number of H-pyrrole nitrogens is 1. The third kappa shape index (κ3) is 7.93. The molecule has 3 atom stereocenters. The van der Waals surface area contributed by atoms with Crippen LogP contribution in [0.1, 0.15) is 76.8 Å². The number of azo groups is 1. The van der Waals surface area contributed by atoms with E-state index in [4.69, 9.17) is 10.8 Å². The van der Waals surface area contributed by atoms with Crippen molar-refractivity contribution in [2.75, 3.05) is 25.1 Å². The molecule has 50 heavy (non-hydrogen) atoms. The molecule has 1 fully saturated rings. The monoisotopic (exact) mass is 682 g/mol. The maximum absolute atomic E-state index is 12.8. The summed E-state index contributed by atoms with van der Waals surface area (Å²) in [5, 5.41) is 31.3. The van der Waals surface area contributed by atoms with Crippen LogP contribution in [0.2, 0.25) is 0 Å². The van der Waals surface area contributed by atoms with E-state index >= 15 is 0 Å². The van der Waals surface area contributed by atoms with Crippen molar-refractivity contribution in [3.63, 3.8) is 0 Å². The lowest BCUT2D eigenvalue weighted by atomic mass is 9.88. The molecule has 0 spiro atoms. The molecule has 13 nitrogen and oxygen atoms in total. The predicted molar refractivity (Wildman–Crippen MR) is 191 cm³/mol. The lowest BCUT2D eigenvalue weighted by Crippen LogP contribution is -2.45. The van der Waals surface area contributed by atoms with Crippen LogP contribution in [0.4, 0.5) is 17.1 Å². The van der Waals surface area contributed by atoms with Gasteiger partial charge in [0, 0.05) is 50.8 Å². The van der Waals surface area contributed by atoms with E-state index < -0.39 is 29.7 Å². The zero-order valence-corrected chi connectivity index (χ0v) is 28.9. The number of aryl methyl sites for hydroxylation is 1. The van der Waals surface area contributed by atoms with Crippen molar-refractivity contribution in [3.05, 3.63) is 91.8 Å². The highest BCUT2D eigenvalue weighted by Crippen LogP contribution is 2.45. The number of carbonyl (C=O) groups is 1. The largest absolute Gasteiger partial charge is 0.494 e. The van der Waals surface area contributed by atoms with Crippen LogP contribution in [-0.4, -0.2) is 58.5 Å². The number of nitrogens with zero attached hydrogens (tertiary/aromatic N) is 5. The summed E-state index contributed by atoms with van der Waals surface area (Å²) in [7, 11) is 1.57. The van der Waals surface area contributed by atoms with Gasteiger partial charge in [0.1, 0.15) is 29.4 Å².